The monoisotopic (exact) mass is 497 g/mol. The highest BCUT2D eigenvalue weighted by Gasteiger charge is 2.54. The van der Waals surface area contributed by atoms with E-state index in [1.807, 2.05) is 13.0 Å². The van der Waals surface area contributed by atoms with Gasteiger partial charge in [0.05, 0.1) is 12.2 Å². The van der Waals surface area contributed by atoms with Crippen molar-refractivity contribution >= 4 is 22.6 Å². The van der Waals surface area contributed by atoms with E-state index in [2.05, 4.69) is 80.5 Å². The Kier molecular flexibility index (Phi) is 6.44. The maximum Gasteiger partial charge on any atom is 0.341 e. The molecule has 0 fully saturated rings. The van der Waals surface area contributed by atoms with Crippen LogP contribution in [0.25, 0.3) is 10.9 Å². The van der Waals surface area contributed by atoms with Crippen LogP contribution in [-0.4, -0.2) is 35.2 Å². The van der Waals surface area contributed by atoms with Crippen LogP contribution in [0.5, 0.6) is 5.75 Å². The van der Waals surface area contributed by atoms with E-state index in [0.717, 1.165) is 46.5 Å². The van der Waals surface area contributed by atoms with E-state index in [4.69, 9.17) is 14.5 Å². The van der Waals surface area contributed by atoms with Gasteiger partial charge in [-0.1, -0.05) is 18.2 Å². The Hall–Kier alpha value is -3.80. The van der Waals surface area contributed by atoms with E-state index in [9.17, 15) is 4.79 Å². The lowest BCUT2D eigenvalue weighted by atomic mass is 9.80. The van der Waals surface area contributed by atoms with Crippen LogP contribution in [0, 0.1) is 6.92 Å². The SMILES string of the molecule is CCOc1cc(N(CC)CC)ccc1C1(c2c(C)n(C(C)C)c3ccccc23)OC(=O)c2cccnc21. The van der Waals surface area contributed by atoms with Crippen molar-refractivity contribution in [3.8, 4) is 5.75 Å². The van der Waals surface area contributed by atoms with Crippen LogP contribution in [0.15, 0.2) is 60.8 Å². The average molecular weight is 498 g/mol. The molecular weight excluding hydrogens is 462 g/mol. The third-order valence-corrected chi connectivity index (χ3v) is 7.40. The topological polar surface area (TPSA) is 56.6 Å². The Morgan fingerprint density at radius 1 is 1.05 bits per heavy atom. The molecule has 0 N–H and O–H groups in total. The fourth-order valence-electron chi connectivity index (χ4n) is 5.94. The molecule has 0 saturated carbocycles. The highest BCUT2D eigenvalue weighted by atomic mass is 16.6. The van der Waals surface area contributed by atoms with E-state index < -0.39 is 5.60 Å². The average Bonchev–Trinajstić information content (AvgIpc) is 3.36. The van der Waals surface area contributed by atoms with E-state index in [1.165, 1.54) is 0 Å². The van der Waals surface area contributed by atoms with Crippen molar-refractivity contribution in [1.82, 2.24) is 9.55 Å². The van der Waals surface area contributed by atoms with Gasteiger partial charge in [-0.15, -0.1) is 0 Å². The van der Waals surface area contributed by atoms with Gasteiger partial charge in [0, 0.05) is 64.8 Å². The van der Waals surface area contributed by atoms with Crippen LogP contribution in [0.3, 0.4) is 0 Å². The zero-order valence-corrected chi connectivity index (χ0v) is 22.5. The zero-order valence-electron chi connectivity index (χ0n) is 22.5. The molecule has 1 atom stereocenters. The smallest absolute Gasteiger partial charge is 0.341 e. The molecule has 0 radical (unpaired) electrons. The normalized spacial score (nSPS) is 16.8. The van der Waals surface area contributed by atoms with Gasteiger partial charge in [-0.3, -0.25) is 4.98 Å². The van der Waals surface area contributed by atoms with Crippen molar-refractivity contribution in [2.45, 2.75) is 53.2 Å². The molecule has 6 heteroatoms. The second-order valence-corrected chi connectivity index (χ2v) is 9.70. The summed E-state index contributed by atoms with van der Waals surface area (Å²) in [6.45, 7) is 15.0. The molecule has 1 aliphatic heterocycles. The lowest BCUT2D eigenvalue weighted by Gasteiger charge is -2.32. The number of rotatable bonds is 8. The molecule has 192 valence electrons. The van der Waals surface area contributed by atoms with Crippen LogP contribution in [0.4, 0.5) is 5.69 Å². The number of aromatic nitrogens is 2. The molecule has 1 aliphatic rings. The maximum atomic E-state index is 13.4. The fourth-order valence-corrected chi connectivity index (χ4v) is 5.94. The standard InChI is InChI=1S/C31H35N3O3/c1-7-33(8-2)22-16-17-25(27(19-22)36-9-3)31(29-24(30(35)37-31)14-12-18-32-29)28-21(6)34(20(4)5)26-15-11-10-13-23(26)28/h10-20H,7-9H2,1-6H3. The Balaban J connectivity index is 1.91. The second-order valence-electron chi connectivity index (χ2n) is 9.70. The number of ether oxygens (including phenoxy) is 2. The molecule has 0 spiro atoms. The van der Waals surface area contributed by atoms with Crippen molar-refractivity contribution in [2.24, 2.45) is 0 Å². The van der Waals surface area contributed by atoms with Gasteiger partial charge in [0.25, 0.3) is 0 Å². The molecule has 4 aromatic rings. The van der Waals surface area contributed by atoms with Crippen LogP contribution >= 0.6 is 0 Å². The molecule has 3 heterocycles. The zero-order chi connectivity index (χ0) is 26.3. The summed E-state index contributed by atoms with van der Waals surface area (Å²) in [5.41, 5.74) is 4.76. The molecule has 0 amide bonds. The second kappa shape index (κ2) is 9.58. The van der Waals surface area contributed by atoms with Crippen molar-refractivity contribution < 1.29 is 14.3 Å². The van der Waals surface area contributed by atoms with Crippen LogP contribution < -0.4 is 9.64 Å². The largest absolute Gasteiger partial charge is 0.493 e. The number of cyclic esters (lactones) is 1. The Labute approximate surface area is 218 Å². The summed E-state index contributed by atoms with van der Waals surface area (Å²) in [4.78, 5) is 20.5. The molecule has 0 aliphatic carbocycles. The third-order valence-electron chi connectivity index (χ3n) is 7.40. The maximum absolute atomic E-state index is 13.4. The number of hydrogen-bond acceptors (Lipinski definition) is 5. The van der Waals surface area contributed by atoms with Crippen molar-refractivity contribution in [2.75, 3.05) is 24.6 Å². The molecule has 1 unspecified atom stereocenters. The number of pyridine rings is 1. The van der Waals surface area contributed by atoms with Gasteiger partial charge in [-0.25, -0.2) is 4.79 Å². The van der Waals surface area contributed by atoms with Crippen molar-refractivity contribution in [3.63, 3.8) is 0 Å². The highest BCUT2D eigenvalue weighted by molar-refractivity contribution is 5.98. The Morgan fingerprint density at radius 3 is 2.51 bits per heavy atom. The number of fused-ring (bicyclic) bond motifs is 2. The number of esters is 1. The number of anilines is 1. The molecule has 0 bridgehead atoms. The first-order chi connectivity index (χ1) is 17.9. The Bertz CT molecular complexity index is 1470. The van der Waals surface area contributed by atoms with Gasteiger partial charge in [0.2, 0.25) is 5.60 Å². The fraction of sp³-hybridized carbons (Fsp3) is 0.355. The molecular formula is C31H35N3O3. The first-order valence-corrected chi connectivity index (χ1v) is 13.2. The minimum Gasteiger partial charge on any atom is -0.493 e. The molecule has 5 rings (SSSR count). The van der Waals surface area contributed by atoms with Gasteiger partial charge in [0.15, 0.2) is 0 Å². The number of nitrogens with zero attached hydrogens (tertiary/aromatic N) is 3. The quantitative estimate of drug-likeness (QED) is 0.256. The molecule has 0 saturated heterocycles. The number of para-hydroxylation sites is 1. The summed E-state index contributed by atoms with van der Waals surface area (Å²) < 4.78 is 15.1. The highest BCUT2D eigenvalue weighted by Crippen LogP contribution is 2.53. The van der Waals surface area contributed by atoms with Crippen molar-refractivity contribution in [3.05, 3.63) is 88.9 Å². The van der Waals surface area contributed by atoms with E-state index in [1.54, 1.807) is 18.3 Å². The molecule has 2 aromatic carbocycles. The van der Waals surface area contributed by atoms with Crippen LogP contribution in [0.2, 0.25) is 0 Å². The lowest BCUT2D eigenvalue weighted by Crippen LogP contribution is -2.32. The minimum absolute atomic E-state index is 0.215. The number of carbonyl (C=O) groups is 1. The summed E-state index contributed by atoms with van der Waals surface area (Å²) in [5.74, 6) is 0.318. The predicted octanol–water partition coefficient (Wildman–Crippen LogP) is 6.63. The molecule has 37 heavy (non-hydrogen) atoms. The Morgan fingerprint density at radius 2 is 1.81 bits per heavy atom. The number of carbonyl (C=O) groups excluding carboxylic acids is 1. The van der Waals surface area contributed by atoms with Gasteiger partial charge in [-0.05, 0) is 71.9 Å². The number of benzene rings is 2. The van der Waals surface area contributed by atoms with Gasteiger partial charge < -0.3 is 18.9 Å². The summed E-state index contributed by atoms with van der Waals surface area (Å²) in [5, 5.41) is 1.04. The predicted molar refractivity (Wildman–Crippen MR) is 148 cm³/mol. The summed E-state index contributed by atoms with van der Waals surface area (Å²) in [7, 11) is 0. The third kappa shape index (κ3) is 3.69. The van der Waals surface area contributed by atoms with Gasteiger partial charge in [-0.2, -0.15) is 0 Å². The van der Waals surface area contributed by atoms with Gasteiger partial charge >= 0.3 is 5.97 Å². The van der Waals surface area contributed by atoms with Crippen LogP contribution in [-0.2, 0) is 10.3 Å². The summed E-state index contributed by atoms with van der Waals surface area (Å²) in [6.07, 6.45) is 1.73. The first kappa shape index (κ1) is 24.9. The first-order valence-electron chi connectivity index (χ1n) is 13.2. The molecule has 2 aromatic heterocycles. The minimum atomic E-state index is -1.25. The van der Waals surface area contributed by atoms with Crippen molar-refractivity contribution in [1.29, 1.82) is 0 Å². The molecule has 6 nitrogen and oxygen atoms in total. The lowest BCUT2D eigenvalue weighted by molar-refractivity contribution is 0.0237. The summed E-state index contributed by atoms with van der Waals surface area (Å²) in [6, 6.07) is 18.3. The number of hydrogen-bond donors (Lipinski definition) is 0. The van der Waals surface area contributed by atoms with Gasteiger partial charge in [0.1, 0.15) is 11.4 Å². The van der Waals surface area contributed by atoms with Crippen LogP contribution in [0.1, 0.15) is 73.5 Å². The summed E-state index contributed by atoms with van der Waals surface area (Å²) >= 11 is 0. The van der Waals surface area contributed by atoms with E-state index >= 15 is 0 Å². The van der Waals surface area contributed by atoms with E-state index in [0.29, 0.717) is 23.6 Å². The van der Waals surface area contributed by atoms with E-state index in [-0.39, 0.29) is 12.0 Å².